The number of aromatic nitrogens is 1. The van der Waals surface area contributed by atoms with E-state index in [4.69, 9.17) is 44.3 Å². The van der Waals surface area contributed by atoms with Crippen LogP contribution in [0.5, 0.6) is 11.6 Å². The summed E-state index contributed by atoms with van der Waals surface area (Å²) >= 11 is 19.1. The molecule has 2 aromatic carbocycles. The Morgan fingerprint density at radius 3 is 2.47 bits per heavy atom. The van der Waals surface area contributed by atoms with E-state index in [0.29, 0.717) is 51.5 Å². The molecule has 238 valence electrons. The Kier molecular flexibility index (Phi) is 10.0. The Morgan fingerprint density at radius 1 is 1.02 bits per heavy atom. The number of aryl methyl sites for hydroxylation is 1. The van der Waals surface area contributed by atoms with Gasteiger partial charge in [0.15, 0.2) is 5.75 Å². The minimum atomic E-state index is -0.712. The van der Waals surface area contributed by atoms with Crippen LogP contribution in [0.1, 0.15) is 42.4 Å². The molecule has 3 aromatic rings. The average molecular weight is 673 g/mol. The first-order valence-corrected chi connectivity index (χ1v) is 16.4. The van der Waals surface area contributed by atoms with Crippen LogP contribution in [0.2, 0.25) is 15.1 Å². The summed E-state index contributed by atoms with van der Waals surface area (Å²) in [5, 5.41) is 8.16. The number of benzene rings is 2. The van der Waals surface area contributed by atoms with Crippen molar-refractivity contribution in [1.29, 1.82) is 0 Å². The van der Waals surface area contributed by atoms with E-state index in [1.807, 2.05) is 24.0 Å². The molecule has 12 heteroatoms. The van der Waals surface area contributed by atoms with Crippen LogP contribution in [-0.4, -0.2) is 66.1 Å². The lowest BCUT2D eigenvalue weighted by molar-refractivity contribution is -0.136. The number of anilines is 1. The molecule has 0 unspecified atom stereocenters. The van der Waals surface area contributed by atoms with Gasteiger partial charge in [-0.1, -0.05) is 46.9 Å². The number of nitrogens with one attached hydrogen (secondary N) is 2. The molecule has 3 fully saturated rings. The first-order valence-electron chi connectivity index (χ1n) is 15.3. The number of ether oxygens (including phenoxy) is 2. The maximum absolute atomic E-state index is 14.1. The largest absolute Gasteiger partial charge is 0.487 e. The van der Waals surface area contributed by atoms with Crippen LogP contribution in [-0.2, 0) is 22.7 Å². The quantitative estimate of drug-likeness (QED) is 0.230. The summed E-state index contributed by atoms with van der Waals surface area (Å²) in [4.78, 5) is 35.1. The standard InChI is InChI=1S/C33H36Cl3N5O4/c1-20-12-27(35)32(28(36)13-20)45-11-10-44-30-9-7-25(16-39-30)41-29(17-37-18-31(41)42)33(43)40(24-5-6-24)19-22-14-21(2-8-26(22)34)15-38-23-3-4-23/h2,7-9,12-14,16,23-24,29,37-38H,3-6,10-11,15,17-19H2,1H3/t29-/m1/s1. The van der Waals surface area contributed by atoms with E-state index in [1.165, 1.54) is 12.8 Å². The van der Waals surface area contributed by atoms with E-state index < -0.39 is 6.04 Å². The van der Waals surface area contributed by atoms with Gasteiger partial charge in [0.1, 0.15) is 19.3 Å². The van der Waals surface area contributed by atoms with Crippen molar-refractivity contribution in [3.63, 3.8) is 0 Å². The van der Waals surface area contributed by atoms with Crippen LogP contribution in [0, 0.1) is 6.92 Å². The van der Waals surface area contributed by atoms with E-state index in [2.05, 4.69) is 21.7 Å². The van der Waals surface area contributed by atoms with Crippen molar-refractivity contribution < 1.29 is 19.1 Å². The average Bonchev–Trinajstić information content (AvgIpc) is 3.95. The monoisotopic (exact) mass is 671 g/mol. The highest BCUT2D eigenvalue weighted by molar-refractivity contribution is 6.37. The van der Waals surface area contributed by atoms with Crippen molar-refractivity contribution in [2.45, 2.75) is 63.8 Å². The summed E-state index contributed by atoms with van der Waals surface area (Å²) in [5.41, 5.74) is 3.52. The molecular formula is C33H36Cl3N5O4. The molecule has 1 atom stereocenters. The van der Waals surface area contributed by atoms with Gasteiger partial charge in [-0.15, -0.1) is 0 Å². The Morgan fingerprint density at radius 2 is 1.78 bits per heavy atom. The predicted molar refractivity (Wildman–Crippen MR) is 175 cm³/mol. The highest BCUT2D eigenvalue weighted by Gasteiger charge is 2.41. The smallest absolute Gasteiger partial charge is 0.247 e. The van der Waals surface area contributed by atoms with Gasteiger partial charge < -0.3 is 25.0 Å². The molecule has 9 nitrogen and oxygen atoms in total. The molecule has 2 heterocycles. The van der Waals surface area contributed by atoms with Gasteiger partial charge in [-0.25, -0.2) is 4.98 Å². The van der Waals surface area contributed by atoms with Crippen LogP contribution in [0.15, 0.2) is 48.7 Å². The summed E-state index contributed by atoms with van der Waals surface area (Å²) in [6.07, 6.45) is 5.85. The molecule has 0 spiro atoms. The molecule has 0 bridgehead atoms. The van der Waals surface area contributed by atoms with Gasteiger partial charge in [0.25, 0.3) is 0 Å². The zero-order chi connectivity index (χ0) is 31.5. The Bertz CT molecular complexity index is 1520. The summed E-state index contributed by atoms with van der Waals surface area (Å²) in [6, 6.07) is 13.0. The van der Waals surface area contributed by atoms with Crippen LogP contribution in [0.4, 0.5) is 5.69 Å². The summed E-state index contributed by atoms with van der Waals surface area (Å²) < 4.78 is 11.5. The van der Waals surface area contributed by atoms with Crippen molar-refractivity contribution >= 4 is 52.3 Å². The third kappa shape index (κ3) is 8.02. The first-order chi connectivity index (χ1) is 21.8. The zero-order valence-electron chi connectivity index (χ0n) is 25.0. The number of pyridine rings is 1. The number of nitrogens with zero attached hydrogens (tertiary/aromatic N) is 3. The Labute approximate surface area is 278 Å². The fourth-order valence-electron chi connectivity index (χ4n) is 5.46. The van der Waals surface area contributed by atoms with Gasteiger partial charge in [0.05, 0.1) is 28.5 Å². The number of amides is 2. The molecule has 6 rings (SSSR count). The van der Waals surface area contributed by atoms with Crippen molar-refractivity contribution in [3.05, 3.63) is 80.4 Å². The number of hydrogen-bond donors (Lipinski definition) is 2. The first kappa shape index (κ1) is 31.9. The molecule has 3 aliphatic rings. The van der Waals surface area contributed by atoms with Crippen molar-refractivity contribution in [1.82, 2.24) is 20.5 Å². The van der Waals surface area contributed by atoms with Crippen LogP contribution in [0.3, 0.4) is 0 Å². The molecule has 2 aliphatic carbocycles. The second-order valence-electron chi connectivity index (χ2n) is 11.8. The molecular weight excluding hydrogens is 637 g/mol. The lowest BCUT2D eigenvalue weighted by atomic mass is 10.1. The maximum atomic E-state index is 14.1. The Hall–Kier alpha value is -3.08. The highest BCUT2D eigenvalue weighted by Crippen LogP contribution is 2.35. The summed E-state index contributed by atoms with van der Waals surface area (Å²) in [5.74, 6) is 0.461. The molecule has 2 amide bonds. The zero-order valence-corrected chi connectivity index (χ0v) is 27.3. The van der Waals surface area contributed by atoms with E-state index in [9.17, 15) is 9.59 Å². The molecule has 2 N–H and O–H groups in total. The van der Waals surface area contributed by atoms with E-state index in [1.54, 1.807) is 35.4 Å². The molecule has 45 heavy (non-hydrogen) atoms. The van der Waals surface area contributed by atoms with E-state index in [-0.39, 0.29) is 37.6 Å². The van der Waals surface area contributed by atoms with Gasteiger partial charge in [-0.05, 0) is 73.6 Å². The number of piperazine rings is 1. The molecule has 1 aromatic heterocycles. The third-order valence-electron chi connectivity index (χ3n) is 8.09. The minimum absolute atomic E-state index is 0.110. The fraction of sp³-hybridized carbons (Fsp3) is 0.424. The molecule has 2 saturated carbocycles. The van der Waals surface area contributed by atoms with Crippen LogP contribution in [0.25, 0.3) is 0 Å². The van der Waals surface area contributed by atoms with Gasteiger partial charge in [0.2, 0.25) is 17.7 Å². The SMILES string of the molecule is Cc1cc(Cl)c(OCCOc2ccc(N3C(=O)CNC[C@@H]3C(=O)N(Cc3cc(CNC4CC4)ccc3Cl)C3CC3)cn2)c(Cl)c1. The van der Waals surface area contributed by atoms with Crippen molar-refractivity contribution in [2.24, 2.45) is 0 Å². The highest BCUT2D eigenvalue weighted by atomic mass is 35.5. The lowest BCUT2D eigenvalue weighted by Gasteiger charge is -2.38. The van der Waals surface area contributed by atoms with Crippen molar-refractivity contribution in [2.75, 3.05) is 31.2 Å². The lowest BCUT2D eigenvalue weighted by Crippen LogP contribution is -2.61. The van der Waals surface area contributed by atoms with Crippen molar-refractivity contribution in [3.8, 4) is 11.6 Å². The topological polar surface area (TPSA) is 96.0 Å². The number of rotatable bonds is 13. The molecule has 1 saturated heterocycles. The number of halogens is 3. The summed E-state index contributed by atoms with van der Waals surface area (Å²) in [6.45, 7) is 3.96. The van der Waals surface area contributed by atoms with Gasteiger partial charge in [-0.2, -0.15) is 0 Å². The second kappa shape index (κ2) is 14.1. The minimum Gasteiger partial charge on any atom is -0.487 e. The van der Waals surface area contributed by atoms with E-state index in [0.717, 1.165) is 36.1 Å². The van der Waals surface area contributed by atoms with Gasteiger partial charge in [-0.3, -0.25) is 14.5 Å². The second-order valence-corrected chi connectivity index (χ2v) is 13.0. The predicted octanol–water partition coefficient (Wildman–Crippen LogP) is 5.56. The number of carbonyl (C=O) groups excluding carboxylic acids is 2. The van der Waals surface area contributed by atoms with E-state index >= 15 is 0 Å². The fourth-order valence-corrected chi connectivity index (χ4v) is 6.34. The number of hydrogen-bond acceptors (Lipinski definition) is 7. The number of carbonyl (C=O) groups is 2. The maximum Gasteiger partial charge on any atom is 0.247 e. The summed E-state index contributed by atoms with van der Waals surface area (Å²) in [7, 11) is 0. The van der Waals surface area contributed by atoms with Gasteiger partial charge in [0, 0.05) is 42.8 Å². The molecule has 0 radical (unpaired) electrons. The third-order valence-corrected chi connectivity index (χ3v) is 9.02. The van der Waals surface area contributed by atoms with Crippen LogP contribution >= 0.6 is 34.8 Å². The van der Waals surface area contributed by atoms with Gasteiger partial charge >= 0.3 is 0 Å². The Balaban J connectivity index is 1.10. The van der Waals surface area contributed by atoms with Crippen LogP contribution < -0.4 is 25.0 Å². The normalized spacial score (nSPS) is 18.2. The molecule has 1 aliphatic heterocycles.